The number of rotatable bonds is 3. The molecule has 3 unspecified atom stereocenters. The van der Waals surface area contributed by atoms with Gasteiger partial charge < -0.3 is 10.4 Å². The molecule has 88 valence electrons. The molecule has 2 N–H and O–H groups in total. The van der Waals surface area contributed by atoms with Gasteiger partial charge in [-0.1, -0.05) is 26.2 Å². The van der Waals surface area contributed by atoms with E-state index >= 15 is 0 Å². The van der Waals surface area contributed by atoms with E-state index in [-0.39, 0.29) is 0 Å². The maximum absolute atomic E-state index is 10.5. The van der Waals surface area contributed by atoms with Gasteiger partial charge in [-0.05, 0) is 44.6 Å². The van der Waals surface area contributed by atoms with E-state index in [0.717, 1.165) is 31.2 Å². The van der Waals surface area contributed by atoms with Gasteiger partial charge in [0.15, 0.2) is 0 Å². The summed E-state index contributed by atoms with van der Waals surface area (Å²) in [7, 11) is 0. The normalized spacial score (nSPS) is 37.0. The molecule has 0 radical (unpaired) electrons. The Labute approximate surface area is 93.5 Å². The highest BCUT2D eigenvalue weighted by Crippen LogP contribution is 2.36. The molecule has 1 heterocycles. The van der Waals surface area contributed by atoms with Crippen LogP contribution in [0.4, 0.5) is 0 Å². The van der Waals surface area contributed by atoms with E-state index in [9.17, 15) is 5.11 Å². The Morgan fingerprint density at radius 2 is 2.07 bits per heavy atom. The Hall–Kier alpha value is -0.0800. The molecule has 2 rings (SSSR count). The van der Waals surface area contributed by atoms with Crippen molar-refractivity contribution < 1.29 is 5.11 Å². The number of aliphatic hydroxyl groups is 1. The third-order valence-corrected chi connectivity index (χ3v) is 4.34. The van der Waals surface area contributed by atoms with Crippen molar-refractivity contribution in [3.63, 3.8) is 0 Å². The maximum atomic E-state index is 10.5. The molecule has 0 aromatic carbocycles. The summed E-state index contributed by atoms with van der Waals surface area (Å²) < 4.78 is 0. The summed E-state index contributed by atoms with van der Waals surface area (Å²) in [6.07, 6.45) is 7.43. The molecule has 1 saturated heterocycles. The Morgan fingerprint density at radius 1 is 1.33 bits per heavy atom. The highest BCUT2D eigenvalue weighted by atomic mass is 16.3. The SMILES string of the molecule is CC1CCNC(C(C)(O)CC2CCC2)C1. The van der Waals surface area contributed by atoms with Gasteiger partial charge in [-0.25, -0.2) is 0 Å². The van der Waals surface area contributed by atoms with Crippen LogP contribution < -0.4 is 5.32 Å². The first-order valence-electron chi connectivity index (χ1n) is 6.53. The molecule has 1 aliphatic heterocycles. The topological polar surface area (TPSA) is 32.3 Å². The highest BCUT2D eigenvalue weighted by Gasteiger charge is 2.37. The lowest BCUT2D eigenvalue weighted by molar-refractivity contribution is -0.0265. The van der Waals surface area contributed by atoms with E-state index in [1.54, 1.807) is 0 Å². The molecular formula is C13H25NO. The van der Waals surface area contributed by atoms with Crippen molar-refractivity contribution in [1.82, 2.24) is 5.32 Å². The summed E-state index contributed by atoms with van der Waals surface area (Å²) in [5, 5.41) is 14.0. The minimum atomic E-state index is -0.486. The predicted molar refractivity (Wildman–Crippen MR) is 62.8 cm³/mol. The van der Waals surface area contributed by atoms with E-state index in [1.165, 1.54) is 25.7 Å². The monoisotopic (exact) mass is 211 g/mol. The second-order valence-corrected chi connectivity index (χ2v) is 5.99. The van der Waals surface area contributed by atoms with E-state index in [2.05, 4.69) is 12.2 Å². The van der Waals surface area contributed by atoms with Crippen molar-refractivity contribution in [1.29, 1.82) is 0 Å². The Bertz CT molecular complexity index is 211. The number of nitrogens with one attached hydrogen (secondary N) is 1. The first-order valence-corrected chi connectivity index (χ1v) is 6.53. The Morgan fingerprint density at radius 3 is 2.60 bits per heavy atom. The van der Waals surface area contributed by atoms with Crippen LogP contribution >= 0.6 is 0 Å². The van der Waals surface area contributed by atoms with Crippen LogP contribution in [0.3, 0.4) is 0 Å². The van der Waals surface area contributed by atoms with Crippen LogP contribution in [-0.2, 0) is 0 Å². The molecule has 0 spiro atoms. The molecule has 0 aromatic rings. The van der Waals surface area contributed by atoms with Gasteiger partial charge in [0.2, 0.25) is 0 Å². The van der Waals surface area contributed by atoms with E-state index in [1.807, 2.05) is 6.92 Å². The van der Waals surface area contributed by atoms with Crippen molar-refractivity contribution in [3.05, 3.63) is 0 Å². The molecule has 1 saturated carbocycles. The van der Waals surface area contributed by atoms with Crippen LogP contribution in [0.2, 0.25) is 0 Å². The van der Waals surface area contributed by atoms with Crippen LogP contribution in [-0.4, -0.2) is 23.3 Å². The smallest absolute Gasteiger partial charge is 0.0774 e. The van der Waals surface area contributed by atoms with Crippen LogP contribution in [0, 0.1) is 11.8 Å². The zero-order valence-corrected chi connectivity index (χ0v) is 10.1. The molecule has 0 bridgehead atoms. The fourth-order valence-electron chi connectivity index (χ4n) is 3.00. The van der Waals surface area contributed by atoms with E-state index in [0.29, 0.717) is 6.04 Å². The first-order chi connectivity index (χ1) is 7.08. The van der Waals surface area contributed by atoms with Crippen molar-refractivity contribution >= 4 is 0 Å². The maximum Gasteiger partial charge on any atom is 0.0774 e. The highest BCUT2D eigenvalue weighted by molar-refractivity contribution is 4.93. The molecule has 1 aliphatic carbocycles. The van der Waals surface area contributed by atoms with Crippen LogP contribution in [0.1, 0.15) is 52.4 Å². The molecule has 0 amide bonds. The lowest BCUT2D eigenvalue weighted by atomic mass is 9.73. The van der Waals surface area contributed by atoms with Gasteiger partial charge in [0.1, 0.15) is 0 Å². The second kappa shape index (κ2) is 4.42. The van der Waals surface area contributed by atoms with Gasteiger partial charge in [-0.3, -0.25) is 0 Å². The number of piperidine rings is 1. The zero-order chi connectivity index (χ0) is 10.9. The van der Waals surface area contributed by atoms with Crippen molar-refractivity contribution in [2.45, 2.75) is 64.0 Å². The van der Waals surface area contributed by atoms with Crippen molar-refractivity contribution in [2.24, 2.45) is 11.8 Å². The third kappa shape index (κ3) is 2.73. The van der Waals surface area contributed by atoms with Gasteiger partial charge in [-0.2, -0.15) is 0 Å². The molecule has 0 aromatic heterocycles. The molecule has 3 atom stereocenters. The summed E-state index contributed by atoms with van der Waals surface area (Å²) in [6.45, 7) is 5.40. The Balaban J connectivity index is 1.87. The van der Waals surface area contributed by atoms with Gasteiger partial charge in [0.25, 0.3) is 0 Å². The first kappa shape index (κ1) is 11.4. The second-order valence-electron chi connectivity index (χ2n) is 5.99. The predicted octanol–water partition coefficient (Wildman–Crippen LogP) is 2.32. The summed E-state index contributed by atoms with van der Waals surface area (Å²) in [4.78, 5) is 0. The average Bonchev–Trinajstić information content (AvgIpc) is 2.12. The molecule has 15 heavy (non-hydrogen) atoms. The molecule has 2 nitrogen and oxygen atoms in total. The standard InChI is InChI=1S/C13H25NO/c1-10-6-7-14-12(8-10)13(2,15)9-11-4-3-5-11/h10-12,14-15H,3-9H2,1-2H3. The largest absolute Gasteiger partial charge is 0.389 e. The van der Waals surface area contributed by atoms with Gasteiger partial charge in [-0.15, -0.1) is 0 Å². The average molecular weight is 211 g/mol. The van der Waals surface area contributed by atoms with Crippen molar-refractivity contribution in [2.75, 3.05) is 6.54 Å². The lowest BCUT2D eigenvalue weighted by Crippen LogP contribution is -2.53. The zero-order valence-electron chi connectivity index (χ0n) is 10.1. The summed E-state index contributed by atoms with van der Waals surface area (Å²) in [5.41, 5.74) is -0.486. The number of hydrogen-bond acceptors (Lipinski definition) is 2. The fourth-order valence-corrected chi connectivity index (χ4v) is 3.00. The minimum Gasteiger partial charge on any atom is -0.389 e. The summed E-state index contributed by atoms with van der Waals surface area (Å²) in [5.74, 6) is 1.56. The van der Waals surface area contributed by atoms with Crippen LogP contribution in [0.5, 0.6) is 0 Å². The fraction of sp³-hybridized carbons (Fsp3) is 1.00. The van der Waals surface area contributed by atoms with Gasteiger partial charge in [0, 0.05) is 6.04 Å². The molecule has 2 aliphatic rings. The third-order valence-electron chi connectivity index (χ3n) is 4.34. The molecule has 2 fully saturated rings. The van der Waals surface area contributed by atoms with Gasteiger partial charge >= 0.3 is 0 Å². The quantitative estimate of drug-likeness (QED) is 0.751. The number of hydrogen-bond donors (Lipinski definition) is 2. The van der Waals surface area contributed by atoms with Crippen molar-refractivity contribution in [3.8, 4) is 0 Å². The van der Waals surface area contributed by atoms with E-state index < -0.39 is 5.60 Å². The minimum absolute atomic E-state index is 0.321. The summed E-state index contributed by atoms with van der Waals surface area (Å²) in [6, 6.07) is 0.321. The lowest BCUT2D eigenvalue weighted by Gasteiger charge is -2.42. The van der Waals surface area contributed by atoms with Gasteiger partial charge in [0.05, 0.1) is 5.60 Å². The van der Waals surface area contributed by atoms with Crippen LogP contribution in [0.25, 0.3) is 0 Å². The van der Waals surface area contributed by atoms with E-state index in [4.69, 9.17) is 0 Å². The molecular weight excluding hydrogens is 186 g/mol. The Kier molecular flexibility index (Phi) is 3.36. The molecule has 2 heteroatoms. The summed E-state index contributed by atoms with van der Waals surface area (Å²) >= 11 is 0. The van der Waals surface area contributed by atoms with Crippen LogP contribution in [0.15, 0.2) is 0 Å².